The third-order valence-corrected chi connectivity index (χ3v) is 2.02. The van der Waals surface area contributed by atoms with E-state index >= 15 is 0 Å². The van der Waals surface area contributed by atoms with E-state index < -0.39 is 0 Å². The number of hydrogen-bond donors (Lipinski definition) is 1. The van der Waals surface area contributed by atoms with E-state index in [4.69, 9.17) is 5.73 Å². The van der Waals surface area contributed by atoms with Crippen molar-refractivity contribution < 1.29 is 4.79 Å². The Labute approximate surface area is 78.0 Å². The molecule has 0 aliphatic rings. The number of pyridine rings is 1. The molecule has 3 nitrogen and oxygen atoms in total. The van der Waals surface area contributed by atoms with E-state index in [2.05, 4.69) is 4.98 Å². The lowest BCUT2D eigenvalue weighted by Crippen LogP contribution is -2.17. The van der Waals surface area contributed by atoms with Crippen molar-refractivity contribution in [3.63, 3.8) is 0 Å². The van der Waals surface area contributed by atoms with Gasteiger partial charge in [0.15, 0.2) is 6.29 Å². The normalized spacial score (nSPS) is 12.9. The number of aldehydes is 1. The van der Waals surface area contributed by atoms with Crippen LogP contribution >= 0.6 is 0 Å². The lowest BCUT2D eigenvalue weighted by molar-refractivity contribution is 0.112. The first-order chi connectivity index (χ1) is 6.15. The largest absolute Gasteiger partial charge is 0.324 e. The Hall–Kier alpha value is -1.22. The smallest absolute Gasteiger partial charge is 0.151 e. The zero-order chi connectivity index (χ0) is 9.84. The predicted molar refractivity (Wildman–Crippen MR) is 51.4 cm³/mol. The molecule has 1 rings (SSSR count). The molecule has 0 aliphatic heterocycles. The van der Waals surface area contributed by atoms with Gasteiger partial charge in [0.2, 0.25) is 0 Å². The molecule has 0 bridgehead atoms. The molecule has 13 heavy (non-hydrogen) atoms. The molecular formula is C10H14N2O. The molecule has 0 saturated carbocycles. The van der Waals surface area contributed by atoms with E-state index in [1.807, 2.05) is 13.8 Å². The molecule has 1 atom stereocenters. The highest BCUT2D eigenvalue weighted by atomic mass is 16.1. The summed E-state index contributed by atoms with van der Waals surface area (Å²) in [6.07, 6.45) is 4.02. The number of carbonyl (C=O) groups is 1. The van der Waals surface area contributed by atoms with E-state index in [1.165, 1.54) is 6.20 Å². The Balaban J connectivity index is 2.94. The monoisotopic (exact) mass is 178 g/mol. The van der Waals surface area contributed by atoms with Gasteiger partial charge in [0.05, 0.1) is 0 Å². The molecule has 0 radical (unpaired) electrons. The van der Waals surface area contributed by atoms with Crippen LogP contribution in [0.4, 0.5) is 0 Å². The number of nitrogens with zero attached hydrogens (tertiary/aromatic N) is 1. The van der Waals surface area contributed by atoms with Crippen molar-refractivity contribution in [2.45, 2.75) is 19.9 Å². The van der Waals surface area contributed by atoms with Gasteiger partial charge in [0.25, 0.3) is 0 Å². The third kappa shape index (κ3) is 2.36. The zero-order valence-corrected chi connectivity index (χ0v) is 7.90. The van der Waals surface area contributed by atoms with Gasteiger partial charge < -0.3 is 5.73 Å². The highest BCUT2D eigenvalue weighted by Crippen LogP contribution is 2.17. The predicted octanol–water partition coefficient (Wildman–Crippen LogP) is 1.55. The molecule has 1 aromatic heterocycles. The SMILES string of the molecule is CC(C)C(N)c1cncc(C=O)c1. The summed E-state index contributed by atoms with van der Waals surface area (Å²) in [5.74, 6) is 0.351. The fourth-order valence-corrected chi connectivity index (χ4v) is 1.11. The van der Waals surface area contributed by atoms with Crippen LogP contribution in [0.15, 0.2) is 18.5 Å². The summed E-state index contributed by atoms with van der Waals surface area (Å²) in [7, 11) is 0. The van der Waals surface area contributed by atoms with E-state index in [0.717, 1.165) is 11.8 Å². The molecule has 0 aliphatic carbocycles. The summed E-state index contributed by atoms with van der Waals surface area (Å²) in [5.41, 5.74) is 7.40. The summed E-state index contributed by atoms with van der Waals surface area (Å²) in [6, 6.07) is 1.73. The van der Waals surface area contributed by atoms with Crippen LogP contribution in [0, 0.1) is 5.92 Å². The van der Waals surface area contributed by atoms with Crippen LogP contribution in [0.1, 0.15) is 35.8 Å². The molecule has 0 spiro atoms. The molecule has 0 amide bonds. The minimum absolute atomic E-state index is 0.0487. The van der Waals surface area contributed by atoms with Gasteiger partial charge in [-0.2, -0.15) is 0 Å². The standard InChI is InChI=1S/C10H14N2O/c1-7(2)10(11)9-3-8(6-13)4-12-5-9/h3-7,10H,11H2,1-2H3. The number of carbonyl (C=O) groups excluding carboxylic acids is 1. The van der Waals surface area contributed by atoms with Crippen LogP contribution in [0.5, 0.6) is 0 Å². The molecule has 70 valence electrons. The highest BCUT2D eigenvalue weighted by Gasteiger charge is 2.10. The molecule has 1 aromatic rings. The second-order valence-corrected chi connectivity index (χ2v) is 3.44. The van der Waals surface area contributed by atoms with Gasteiger partial charge in [-0.1, -0.05) is 13.8 Å². The van der Waals surface area contributed by atoms with Gasteiger partial charge >= 0.3 is 0 Å². The van der Waals surface area contributed by atoms with Crippen molar-refractivity contribution in [2.24, 2.45) is 11.7 Å². The van der Waals surface area contributed by atoms with E-state index in [9.17, 15) is 4.79 Å². The second kappa shape index (κ2) is 4.14. The highest BCUT2D eigenvalue weighted by molar-refractivity contribution is 5.74. The average Bonchev–Trinajstić information content (AvgIpc) is 2.16. The van der Waals surface area contributed by atoms with Crippen molar-refractivity contribution in [3.05, 3.63) is 29.6 Å². The topological polar surface area (TPSA) is 56.0 Å². The van der Waals surface area contributed by atoms with Crippen molar-refractivity contribution in [1.82, 2.24) is 4.98 Å². The molecule has 2 N–H and O–H groups in total. The van der Waals surface area contributed by atoms with Gasteiger partial charge in [-0.25, -0.2) is 0 Å². The lowest BCUT2D eigenvalue weighted by Gasteiger charge is -2.15. The fraction of sp³-hybridized carbons (Fsp3) is 0.400. The van der Waals surface area contributed by atoms with Crippen molar-refractivity contribution >= 4 is 6.29 Å². The Morgan fingerprint density at radius 2 is 2.15 bits per heavy atom. The van der Waals surface area contributed by atoms with Crippen molar-refractivity contribution in [3.8, 4) is 0 Å². The maximum absolute atomic E-state index is 10.5. The Morgan fingerprint density at radius 3 is 2.69 bits per heavy atom. The fourth-order valence-electron chi connectivity index (χ4n) is 1.11. The van der Waals surface area contributed by atoms with Gasteiger partial charge in [0.1, 0.15) is 0 Å². The summed E-state index contributed by atoms with van der Waals surface area (Å²) < 4.78 is 0. The first kappa shape index (κ1) is 9.86. The lowest BCUT2D eigenvalue weighted by atomic mass is 9.98. The van der Waals surface area contributed by atoms with Gasteiger partial charge in [-0.05, 0) is 17.5 Å². The number of aromatic nitrogens is 1. The quantitative estimate of drug-likeness (QED) is 0.714. The Bertz CT molecular complexity index is 297. The van der Waals surface area contributed by atoms with Crippen LogP contribution in [0.25, 0.3) is 0 Å². The molecule has 1 unspecified atom stereocenters. The first-order valence-corrected chi connectivity index (χ1v) is 4.31. The molecule has 1 heterocycles. The molecule has 3 heteroatoms. The number of rotatable bonds is 3. The Morgan fingerprint density at radius 1 is 1.46 bits per heavy atom. The minimum Gasteiger partial charge on any atom is -0.324 e. The maximum Gasteiger partial charge on any atom is 0.151 e. The van der Waals surface area contributed by atoms with Gasteiger partial charge in [-0.15, -0.1) is 0 Å². The van der Waals surface area contributed by atoms with E-state index in [0.29, 0.717) is 11.5 Å². The maximum atomic E-state index is 10.5. The van der Waals surface area contributed by atoms with E-state index in [-0.39, 0.29) is 6.04 Å². The van der Waals surface area contributed by atoms with Gasteiger partial charge in [-0.3, -0.25) is 9.78 Å². The summed E-state index contributed by atoms with van der Waals surface area (Å²) in [4.78, 5) is 14.4. The molecule has 0 fully saturated rings. The zero-order valence-electron chi connectivity index (χ0n) is 7.90. The molecule has 0 aromatic carbocycles. The summed E-state index contributed by atoms with van der Waals surface area (Å²) >= 11 is 0. The molecule has 0 saturated heterocycles. The third-order valence-electron chi connectivity index (χ3n) is 2.02. The van der Waals surface area contributed by atoms with Crippen LogP contribution in [-0.2, 0) is 0 Å². The van der Waals surface area contributed by atoms with Crippen molar-refractivity contribution in [1.29, 1.82) is 0 Å². The minimum atomic E-state index is -0.0487. The second-order valence-electron chi connectivity index (χ2n) is 3.44. The van der Waals surface area contributed by atoms with Crippen LogP contribution in [-0.4, -0.2) is 11.3 Å². The first-order valence-electron chi connectivity index (χ1n) is 4.31. The van der Waals surface area contributed by atoms with Crippen LogP contribution < -0.4 is 5.73 Å². The van der Waals surface area contributed by atoms with Gasteiger partial charge in [0, 0.05) is 24.0 Å². The van der Waals surface area contributed by atoms with Crippen LogP contribution in [0.3, 0.4) is 0 Å². The summed E-state index contributed by atoms with van der Waals surface area (Å²) in [6.45, 7) is 4.08. The average molecular weight is 178 g/mol. The number of nitrogens with two attached hydrogens (primary N) is 1. The summed E-state index contributed by atoms with van der Waals surface area (Å²) in [5, 5.41) is 0. The van der Waals surface area contributed by atoms with Crippen LogP contribution in [0.2, 0.25) is 0 Å². The Kier molecular flexibility index (Phi) is 3.14. The van der Waals surface area contributed by atoms with E-state index in [1.54, 1.807) is 12.3 Å². The van der Waals surface area contributed by atoms with Crippen molar-refractivity contribution in [2.75, 3.05) is 0 Å². The molecular weight excluding hydrogens is 164 g/mol. The number of hydrogen-bond acceptors (Lipinski definition) is 3.